The molecule has 3 heterocycles. The molecule has 0 radical (unpaired) electrons. The Morgan fingerprint density at radius 1 is 1.30 bits per heavy atom. The Morgan fingerprint density at radius 3 is 2.62 bits per heavy atom. The minimum Gasteiger partial charge on any atom is -0.456 e. The van der Waals surface area contributed by atoms with Crippen molar-refractivity contribution in [3.05, 3.63) is 21.1 Å². The van der Waals surface area contributed by atoms with Crippen molar-refractivity contribution >= 4 is 40.8 Å². The van der Waals surface area contributed by atoms with Gasteiger partial charge in [-0.3, -0.25) is 9.59 Å². The minimum atomic E-state index is -1.27. The van der Waals surface area contributed by atoms with Gasteiger partial charge in [-0.2, -0.15) is 0 Å². The van der Waals surface area contributed by atoms with E-state index < -0.39 is 35.6 Å². The fourth-order valence-corrected chi connectivity index (χ4v) is 6.09. The number of aromatic nitrogens is 1. The fourth-order valence-electron chi connectivity index (χ4n) is 5.27. The van der Waals surface area contributed by atoms with E-state index in [9.17, 15) is 19.8 Å². The zero-order valence-corrected chi connectivity index (χ0v) is 24.4. The molecule has 1 aromatic heterocycles. The molecule has 0 bridgehead atoms. The van der Waals surface area contributed by atoms with Gasteiger partial charge in [0.15, 0.2) is 0 Å². The molecule has 208 valence electrons. The standard InChI is InChI=1S/C28H42ClNO6S/c1-7-9-19-25(33)16(2)10-8-11-28(6)23(36-28)13-21(20(29)12-18-15-37-17(3)30-18)35-24(32)14-22(31)27(4,5)26(19)34/h12,15-16,19,21-23,25,31,33H,7-11,13-14H2,1-6H3/b20-12-/t16-,19+,21-,22-,23?,25-,28?/m0/s1. The van der Waals surface area contributed by atoms with Crippen LogP contribution >= 0.6 is 22.9 Å². The van der Waals surface area contributed by atoms with Crippen molar-refractivity contribution in [1.82, 2.24) is 4.98 Å². The van der Waals surface area contributed by atoms with Crippen molar-refractivity contribution < 1.29 is 29.3 Å². The van der Waals surface area contributed by atoms with Gasteiger partial charge in [0, 0.05) is 17.7 Å². The van der Waals surface area contributed by atoms with Crippen LogP contribution < -0.4 is 0 Å². The van der Waals surface area contributed by atoms with Crippen molar-refractivity contribution in [2.45, 2.75) is 117 Å². The largest absolute Gasteiger partial charge is 0.456 e. The third-order valence-electron chi connectivity index (χ3n) is 8.06. The highest BCUT2D eigenvalue weighted by Gasteiger charge is 2.53. The highest BCUT2D eigenvalue weighted by Crippen LogP contribution is 2.45. The molecule has 7 atom stereocenters. The lowest BCUT2D eigenvalue weighted by atomic mass is 9.71. The molecule has 1 aromatic rings. The van der Waals surface area contributed by atoms with Gasteiger partial charge in [0.2, 0.25) is 0 Å². The van der Waals surface area contributed by atoms with E-state index in [4.69, 9.17) is 21.1 Å². The Hall–Kier alpha value is -1.32. The summed E-state index contributed by atoms with van der Waals surface area (Å²) >= 11 is 8.15. The third-order valence-corrected chi connectivity index (χ3v) is 9.20. The molecule has 37 heavy (non-hydrogen) atoms. The first kappa shape index (κ1) is 30.2. The molecule has 9 heteroatoms. The average molecular weight is 556 g/mol. The number of fused-ring (bicyclic) bond motifs is 1. The van der Waals surface area contributed by atoms with Gasteiger partial charge in [0.1, 0.15) is 11.9 Å². The number of thiazole rings is 1. The van der Waals surface area contributed by atoms with Crippen LogP contribution in [0.2, 0.25) is 0 Å². The number of cyclic esters (lactones) is 1. The lowest BCUT2D eigenvalue weighted by Gasteiger charge is -2.36. The van der Waals surface area contributed by atoms with Crippen LogP contribution in [0, 0.1) is 24.2 Å². The van der Waals surface area contributed by atoms with E-state index in [2.05, 4.69) is 4.98 Å². The number of rotatable bonds is 4. The van der Waals surface area contributed by atoms with Crippen LogP contribution in [0.25, 0.3) is 6.08 Å². The minimum absolute atomic E-state index is 0.0844. The molecule has 2 fully saturated rings. The summed E-state index contributed by atoms with van der Waals surface area (Å²) in [7, 11) is 0. The van der Waals surface area contributed by atoms with Gasteiger partial charge >= 0.3 is 5.97 Å². The van der Waals surface area contributed by atoms with Gasteiger partial charge in [-0.05, 0) is 45.1 Å². The molecule has 0 aromatic carbocycles. The molecule has 0 saturated carbocycles. The predicted octanol–water partition coefficient (Wildman–Crippen LogP) is 5.43. The molecule has 3 rings (SSSR count). The Morgan fingerprint density at radius 2 is 2.00 bits per heavy atom. The zero-order chi connectivity index (χ0) is 27.5. The van der Waals surface area contributed by atoms with Crippen LogP contribution in [0.5, 0.6) is 0 Å². The van der Waals surface area contributed by atoms with Crippen LogP contribution in [-0.4, -0.2) is 57.0 Å². The number of aliphatic hydroxyl groups excluding tert-OH is 2. The second-order valence-electron chi connectivity index (χ2n) is 11.5. The maximum absolute atomic E-state index is 13.6. The molecule has 2 aliphatic heterocycles. The summed E-state index contributed by atoms with van der Waals surface area (Å²) in [6, 6.07) is 0. The summed E-state index contributed by atoms with van der Waals surface area (Å²) in [5.74, 6) is -1.57. The summed E-state index contributed by atoms with van der Waals surface area (Å²) in [5.41, 5.74) is -0.903. The molecule has 2 unspecified atom stereocenters. The molecule has 0 amide bonds. The average Bonchev–Trinajstić information content (AvgIpc) is 3.27. The second kappa shape index (κ2) is 12.2. The van der Waals surface area contributed by atoms with E-state index in [1.807, 2.05) is 33.1 Å². The van der Waals surface area contributed by atoms with E-state index in [0.717, 1.165) is 30.7 Å². The lowest BCUT2D eigenvalue weighted by Crippen LogP contribution is -2.46. The monoisotopic (exact) mass is 555 g/mol. The van der Waals surface area contributed by atoms with Crippen LogP contribution in [0.4, 0.5) is 0 Å². The number of nitrogens with zero attached hydrogens (tertiary/aromatic N) is 1. The number of esters is 1. The smallest absolute Gasteiger partial charge is 0.309 e. The van der Waals surface area contributed by atoms with Gasteiger partial charge in [-0.25, -0.2) is 4.98 Å². The molecule has 2 aliphatic rings. The van der Waals surface area contributed by atoms with Crippen LogP contribution in [0.1, 0.15) is 90.3 Å². The predicted molar refractivity (Wildman–Crippen MR) is 145 cm³/mol. The molecule has 0 aliphatic carbocycles. The number of carbonyl (C=O) groups excluding carboxylic acids is 2. The first-order valence-corrected chi connectivity index (χ1v) is 14.6. The molecule has 2 N–H and O–H groups in total. The van der Waals surface area contributed by atoms with E-state index in [1.165, 1.54) is 11.3 Å². The Balaban J connectivity index is 1.88. The van der Waals surface area contributed by atoms with Gasteiger partial charge in [-0.15, -0.1) is 11.3 Å². The summed E-state index contributed by atoms with van der Waals surface area (Å²) in [5, 5.41) is 25.3. The van der Waals surface area contributed by atoms with Crippen LogP contribution in [-0.2, 0) is 19.1 Å². The Labute approximate surface area is 229 Å². The molecular weight excluding hydrogens is 514 g/mol. The van der Waals surface area contributed by atoms with E-state index >= 15 is 0 Å². The number of epoxide rings is 1. The van der Waals surface area contributed by atoms with Crippen LogP contribution in [0.3, 0.4) is 0 Å². The summed E-state index contributed by atoms with van der Waals surface area (Å²) < 4.78 is 11.8. The number of ether oxygens (including phenoxy) is 2. The van der Waals surface area contributed by atoms with Crippen molar-refractivity contribution in [3.8, 4) is 0 Å². The van der Waals surface area contributed by atoms with Crippen molar-refractivity contribution in [2.24, 2.45) is 17.3 Å². The van der Waals surface area contributed by atoms with Gasteiger partial charge < -0.3 is 19.7 Å². The van der Waals surface area contributed by atoms with Crippen molar-refractivity contribution in [1.29, 1.82) is 0 Å². The number of aliphatic hydroxyl groups is 2. The van der Waals surface area contributed by atoms with Gasteiger partial charge in [0.25, 0.3) is 0 Å². The zero-order valence-electron chi connectivity index (χ0n) is 22.8. The normalized spacial score (nSPS) is 36.1. The SMILES string of the molecule is CCC[C@H]1C(=O)C(C)(C)[C@@H](O)CC(=O)O[C@H](/C(Cl)=C/c2csc(C)n2)CC2OC2(C)CCC[C@H](C)[C@@H]1O. The Bertz CT molecular complexity index is 993. The lowest BCUT2D eigenvalue weighted by molar-refractivity contribution is -0.154. The van der Waals surface area contributed by atoms with E-state index in [0.29, 0.717) is 23.6 Å². The molecule has 7 nitrogen and oxygen atoms in total. The third kappa shape index (κ3) is 7.41. The topological polar surface area (TPSA) is 109 Å². The molecular formula is C28H42ClNO6S. The maximum Gasteiger partial charge on any atom is 0.309 e. The number of ketones is 1. The summed E-state index contributed by atoms with van der Waals surface area (Å²) in [6.07, 6.45) is 2.38. The molecule has 0 spiro atoms. The first-order chi connectivity index (χ1) is 17.3. The second-order valence-corrected chi connectivity index (χ2v) is 13.0. The molecule has 2 saturated heterocycles. The first-order valence-electron chi connectivity index (χ1n) is 13.4. The quantitative estimate of drug-likeness (QED) is 0.376. The number of halogens is 1. The fraction of sp³-hybridized carbons (Fsp3) is 0.750. The summed E-state index contributed by atoms with van der Waals surface area (Å²) in [6.45, 7) is 11.2. The van der Waals surface area contributed by atoms with Gasteiger partial charge in [0.05, 0.1) is 51.5 Å². The van der Waals surface area contributed by atoms with Gasteiger partial charge in [-0.1, -0.05) is 52.1 Å². The van der Waals surface area contributed by atoms with Crippen molar-refractivity contribution in [3.63, 3.8) is 0 Å². The van der Waals surface area contributed by atoms with E-state index in [-0.39, 0.29) is 29.8 Å². The van der Waals surface area contributed by atoms with Crippen LogP contribution in [0.15, 0.2) is 10.4 Å². The number of aryl methyl sites for hydroxylation is 1. The van der Waals surface area contributed by atoms with Crippen molar-refractivity contribution in [2.75, 3.05) is 0 Å². The number of hydrogen-bond donors (Lipinski definition) is 2. The number of hydrogen-bond acceptors (Lipinski definition) is 8. The highest BCUT2D eigenvalue weighted by atomic mass is 35.5. The summed E-state index contributed by atoms with van der Waals surface area (Å²) in [4.78, 5) is 31.0. The Kier molecular flexibility index (Phi) is 10.0. The number of carbonyl (C=O) groups is 2. The maximum atomic E-state index is 13.6. The number of Topliss-reactive ketones (excluding diaryl/α,β-unsaturated/α-hetero) is 1. The highest BCUT2D eigenvalue weighted by molar-refractivity contribution is 7.09. The van der Waals surface area contributed by atoms with E-state index in [1.54, 1.807) is 19.9 Å².